The van der Waals surface area contributed by atoms with E-state index in [1.807, 2.05) is 18.2 Å². The molecule has 4 rings (SSSR count). The summed E-state index contributed by atoms with van der Waals surface area (Å²) in [6, 6.07) is 11.8. The van der Waals surface area contributed by atoms with Gasteiger partial charge in [0.05, 0.1) is 25.9 Å². The molecule has 0 spiro atoms. The Hall–Kier alpha value is -3.39. The smallest absolute Gasteiger partial charge is 0.291 e. The molecule has 166 valence electrons. The number of methoxy groups -OCH3 is 3. The van der Waals surface area contributed by atoms with Crippen LogP contribution in [0.1, 0.15) is 31.9 Å². The molecule has 0 aliphatic rings. The molecule has 0 radical (unpaired) electrons. The first-order valence-electron chi connectivity index (χ1n) is 10.1. The van der Waals surface area contributed by atoms with Gasteiger partial charge in [-0.05, 0) is 34.8 Å². The monoisotopic (exact) mass is 451 g/mol. The summed E-state index contributed by atoms with van der Waals surface area (Å²) in [5.74, 6) is 1.89. The van der Waals surface area contributed by atoms with Crippen molar-refractivity contribution in [1.82, 2.24) is 14.6 Å². The molecule has 0 aliphatic carbocycles. The van der Waals surface area contributed by atoms with Crippen molar-refractivity contribution in [2.45, 2.75) is 26.2 Å². The van der Waals surface area contributed by atoms with Crippen LogP contribution < -0.4 is 24.3 Å². The van der Waals surface area contributed by atoms with E-state index in [-0.39, 0.29) is 11.0 Å². The van der Waals surface area contributed by atoms with Gasteiger partial charge in [-0.15, -0.1) is 5.10 Å². The fourth-order valence-electron chi connectivity index (χ4n) is 3.40. The maximum absolute atomic E-state index is 12.9. The van der Waals surface area contributed by atoms with Crippen LogP contribution in [-0.2, 0) is 5.41 Å². The van der Waals surface area contributed by atoms with Crippen LogP contribution in [0.2, 0.25) is 0 Å². The molecule has 4 aromatic rings. The van der Waals surface area contributed by atoms with Crippen LogP contribution >= 0.6 is 11.3 Å². The number of aromatic nitrogens is 3. The van der Waals surface area contributed by atoms with Crippen molar-refractivity contribution in [3.8, 4) is 28.6 Å². The summed E-state index contributed by atoms with van der Waals surface area (Å²) in [6.07, 6.45) is 1.87. The number of benzene rings is 2. The van der Waals surface area contributed by atoms with E-state index in [1.165, 1.54) is 21.4 Å². The fraction of sp³-hybridized carbons (Fsp3) is 0.292. The summed E-state index contributed by atoms with van der Waals surface area (Å²) >= 11 is 1.31. The minimum atomic E-state index is -0.198. The standard InChI is InChI=1S/C24H25N3O4S/c1-24(2,3)16-9-7-14(8-10-16)11-19-22(28)27-23(32-19)25-21(26-27)15-12-17(29-4)20(31-6)18(13-15)30-5/h7-13H,1-6H3/b19-11+. The average molecular weight is 452 g/mol. The molecule has 32 heavy (non-hydrogen) atoms. The van der Waals surface area contributed by atoms with Crippen LogP contribution in [-0.4, -0.2) is 35.9 Å². The normalized spacial score (nSPS) is 12.4. The average Bonchev–Trinajstić information content (AvgIpc) is 3.31. The van der Waals surface area contributed by atoms with Gasteiger partial charge in [-0.3, -0.25) is 4.79 Å². The topological polar surface area (TPSA) is 75.0 Å². The van der Waals surface area contributed by atoms with E-state index in [0.717, 1.165) is 5.56 Å². The third-order valence-corrected chi connectivity index (χ3v) is 6.14. The maximum atomic E-state index is 12.9. The fourth-order valence-corrected chi connectivity index (χ4v) is 4.30. The van der Waals surface area contributed by atoms with Crippen molar-refractivity contribution >= 4 is 22.4 Å². The molecule has 2 heterocycles. The molecule has 0 fully saturated rings. The molecule has 0 amide bonds. The summed E-state index contributed by atoms with van der Waals surface area (Å²) in [5.41, 5.74) is 2.76. The van der Waals surface area contributed by atoms with Gasteiger partial charge in [0.15, 0.2) is 17.3 Å². The summed E-state index contributed by atoms with van der Waals surface area (Å²) in [7, 11) is 4.64. The van der Waals surface area contributed by atoms with E-state index in [1.54, 1.807) is 33.5 Å². The van der Waals surface area contributed by atoms with Crippen LogP contribution in [0.15, 0.2) is 41.2 Å². The van der Waals surface area contributed by atoms with Crippen molar-refractivity contribution in [3.05, 3.63) is 62.4 Å². The quantitative estimate of drug-likeness (QED) is 0.461. The van der Waals surface area contributed by atoms with Crippen molar-refractivity contribution in [2.75, 3.05) is 21.3 Å². The largest absolute Gasteiger partial charge is 0.493 e. The molecular formula is C24H25N3O4S. The van der Waals surface area contributed by atoms with Gasteiger partial charge in [0.2, 0.25) is 10.7 Å². The second-order valence-electron chi connectivity index (χ2n) is 8.33. The number of hydrogen-bond acceptors (Lipinski definition) is 7. The minimum absolute atomic E-state index is 0.0823. The van der Waals surface area contributed by atoms with Crippen LogP contribution in [0.3, 0.4) is 0 Å². The molecule has 0 unspecified atom stereocenters. The summed E-state index contributed by atoms with van der Waals surface area (Å²) in [5, 5.41) is 4.43. The van der Waals surface area contributed by atoms with Gasteiger partial charge in [0.25, 0.3) is 5.56 Å². The van der Waals surface area contributed by atoms with Crippen LogP contribution in [0.4, 0.5) is 0 Å². The predicted molar refractivity (Wildman–Crippen MR) is 126 cm³/mol. The molecule has 0 N–H and O–H groups in total. The SMILES string of the molecule is COc1cc(-c2nc3s/c(=C/c4ccc(C(C)(C)C)cc4)c(=O)n3n2)cc(OC)c1OC. The van der Waals surface area contributed by atoms with Gasteiger partial charge in [0.1, 0.15) is 0 Å². The highest BCUT2D eigenvalue weighted by molar-refractivity contribution is 7.15. The second-order valence-corrected chi connectivity index (χ2v) is 9.34. The summed E-state index contributed by atoms with van der Waals surface area (Å²) < 4.78 is 18.1. The first kappa shape index (κ1) is 21.8. The number of rotatable bonds is 5. The lowest BCUT2D eigenvalue weighted by Gasteiger charge is -2.18. The van der Waals surface area contributed by atoms with Gasteiger partial charge in [0, 0.05) is 5.56 Å². The van der Waals surface area contributed by atoms with Crippen LogP contribution in [0.25, 0.3) is 22.4 Å². The van der Waals surface area contributed by atoms with Crippen LogP contribution in [0.5, 0.6) is 17.2 Å². The van der Waals surface area contributed by atoms with Crippen LogP contribution in [0, 0.1) is 0 Å². The van der Waals surface area contributed by atoms with Gasteiger partial charge in [-0.2, -0.15) is 9.50 Å². The maximum Gasteiger partial charge on any atom is 0.291 e. The number of nitrogens with zero attached hydrogens (tertiary/aromatic N) is 3. The van der Waals surface area contributed by atoms with Crippen molar-refractivity contribution in [3.63, 3.8) is 0 Å². The molecule has 0 atom stereocenters. The lowest BCUT2D eigenvalue weighted by molar-refractivity contribution is 0.324. The third kappa shape index (κ3) is 3.93. The first-order valence-corrected chi connectivity index (χ1v) is 10.9. The second kappa shape index (κ2) is 8.27. The molecule has 0 saturated heterocycles. The minimum Gasteiger partial charge on any atom is -0.493 e. The molecular weight excluding hydrogens is 426 g/mol. The van der Waals surface area contributed by atoms with Gasteiger partial charge < -0.3 is 14.2 Å². The Bertz CT molecular complexity index is 1360. The molecule has 2 aromatic carbocycles. The van der Waals surface area contributed by atoms with E-state index >= 15 is 0 Å². The Kier molecular flexibility index (Phi) is 5.64. The lowest BCUT2D eigenvalue weighted by Crippen LogP contribution is -2.23. The molecule has 8 heteroatoms. The van der Waals surface area contributed by atoms with Gasteiger partial charge in [-0.25, -0.2) is 0 Å². The number of fused-ring (bicyclic) bond motifs is 1. The van der Waals surface area contributed by atoms with Gasteiger partial charge in [-0.1, -0.05) is 56.4 Å². The number of thiazole rings is 1. The van der Waals surface area contributed by atoms with Crippen molar-refractivity contribution < 1.29 is 14.2 Å². The molecule has 2 aromatic heterocycles. The summed E-state index contributed by atoms with van der Waals surface area (Å²) in [4.78, 5) is 18.0. The molecule has 7 nitrogen and oxygen atoms in total. The first-order chi connectivity index (χ1) is 15.2. The van der Waals surface area contributed by atoms with E-state index in [0.29, 0.717) is 38.1 Å². The van der Waals surface area contributed by atoms with E-state index in [2.05, 4.69) is 43.0 Å². The highest BCUT2D eigenvalue weighted by atomic mass is 32.1. The third-order valence-electron chi connectivity index (χ3n) is 5.18. The summed E-state index contributed by atoms with van der Waals surface area (Å²) in [6.45, 7) is 6.52. The Labute approximate surface area is 189 Å². The zero-order chi connectivity index (χ0) is 23.0. The van der Waals surface area contributed by atoms with E-state index < -0.39 is 0 Å². The van der Waals surface area contributed by atoms with E-state index in [9.17, 15) is 4.79 Å². The van der Waals surface area contributed by atoms with Gasteiger partial charge >= 0.3 is 0 Å². The van der Waals surface area contributed by atoms with Crippen molar-refractivity contribution in [1.29, 1.82) is 0 Å². The highest BCUT2D eigenvalue weighted by Gasteiger charge is 2.18. The number of ether oxygens (including phenoxy) is 3. The Morgan fingerprint density at radius 2 is 1.59 bits per heavy atom. The molecule has 0 bridgehead atoms. The zero-order valence-electron chi connectivity index (χ0n) is 18.9. The predicted octanol–water partition coefficient (Wildman–Crippen LogP) is 3.69. The molecule has 0 saturated carbocycles. The van der Waals surface area contributed by atoms with Crippen molar-refractivity contribution in [2.24, 2.45) is 0 Å². The Morgan fingerprint density at radius 1 is 0.969 bits per heavy atom. The number of hydrogen-bond donors (Lipinski definition) is 0. The highest BCUT2D eigenvalue weighted by Crippen LogP contribution is 2.40. The lowest BCUT2D eigenvalue weighted by atomic mass is 9.87. The molecule has 0 aliphatic heterocycles. The Balaban J connectivity index is 1.74. The van der Waals surface area contributed by atoms with E-state index in [4.69, 9.17) is 14.2 Å². The zero-order valence-corrected chi connectivity index (χ0v) is 19.7. The Morgan fingerprint density at radius 3 is 2.09 bits per heavy atom.